The van der Waals surface area contributed by atoms with E-state index in [0.717, 1.165) is 24.3 Å². The van der Waals surface area contributed by atoms with Crippen molar-refractivity contribution in [3.8, 4) is 0 Å². The van der Waals surface area contributed by atoms with Crippen molar-refractivity contribution in [1.29, 1.82) is 0 Å². The molecule has 0 amide bonds. The number of hydrogen-bond acceptors (Lipinski definition) is 10. The van der Waals surface area contributed by atoms with Crippen molar-refractivity contribution in [2.75, 3.05) is 0 Å². The average Bonchev–Trinajstić information content (AvgIpc) is 2.60. The van der Waals surface area contributed by atoms with Gasteiger partial charge in [0.2, 0.25) is 0 Å². The summed E-state index contributed by atoms with van der Waals surface area (Å²) >= 11 is 0.616. The maximum atomic E-state index is 11.4. The number of carbonyl (C=O) groups is 1. The van der Waals surface area contributed by atoms with Gasteiger partial charge in [0.25, 0.3) is 22.8 Å². The third kappa shape index (κ3) is 4.98. The predicted octanol–water partition coefficient (Wildman–Crippen LogP) is 3.24. The number of hydrogen-bond donors (Lipinski definition) is 0. The fraction of sp³-hybridized carbons (Fsp3) is 0.267. The van der Waals surface area contributed by atoms with Gasteiger partial charge in [0.1, 0.15) is 5.78 Å². The van der Waals surface area contributed by atoms with E-state index in [1.807, 2.05) is 0 Å². The van der Waals surface area contributed by atoms with E-state index in [-0.39, 0.29) is 28.4 Å². The van der Waals surface area contributed by atoms with Gasteiger partial charge in [0, 0.05) is 12.5 Å². The summed E-state index contributed by atoms with van der Waals surface area (Å²) in [5, 5.41) is 44.8. The van der Waals surface area contributed by atoms with E-state index in [9.17, 15) is 45.3 Å². The van der Waals surface area contributed by atoms with E-state index in [4.69, 9.17) is 0 Å². The highest BCUT2D eigenvalue weighted by Gasteiger charge is 2.37. The van der Waals surface area contributed by atoms with Crippen LogP contribution in [0.1, 0.15) is 19.8 Å². The number of benzene rings is 1. The van der Waals surface area contributed by atoms with Crippen LogP contribution in [0.3, 0.4) is 0 Å². The molecule has 152 valence electrons. The van der Waals surface area contributed by atoms with Crippen LogP contribution in [0.4, 0.5) is 11.4 Å². The topological polar surface area (TPSA) is 190 Å². The van der Waals surface area contributed by atoms with Gasteiger partial charge in [-0.3, -0.25) is 40.5 Å². The summed E-state index contributed by atoms with van der Waals surface area (Å²) < 4.78 is 0. The van der Waals surface area contributed by atoms with E-state index < -0.39 is 48.4 Å². The largest absolute Gasteiger partial charge is 0.300 e. The molecule has 1 unspecified atom stereocenters. The highest BCUT2D eigenvalue weighted by molar-refractivity contribution is 8.03. The summed E-state index contributed by atoms with van der Waals surface area (Å²) in [5.41, 5.74) is -2.27. The highest BCUT2D eigenvalue weighted by Crippen LogP contribution is 2.44. The standard InChI is InChI=1S/C15H12N4O9S/c1-8(20)4-9-5-15(13(19(27)28)7-11(9)17(23)24)29-14-3-2-10(16(21)22)6-12(14)18(25)26/h2-3,6-7,9H,4-5H2,1H3. The van der Waals surface area contributed by atoms with Gasteiger partial charge in [-0.05, 0) is 19.4 Å². The number of nitro benzene ring substituents is 2. The summed E-state index contributed by atoms with van der Waals surface area (Å²) in [6.45, 7) is 1.22. The first kappa shape index (κ1) is 21.6. The molecule has 0 saturated carbocycles. The Morgan fingerprint density at radius 1 is 1.03 bits per heavy atom. The molecule has 1 aromatic rings. The second kappa shape index (κ2) is 8.55. The van der Waals surface area contributed by atoms with E-state index in [0.29, 0.717) is 11.8 Å². The third-order valence-electron chi connectivity index (χ3n) is 3.94. The summed E-state index contributed by atoms with van der Waals surface area (Å²) in [7, 11) is 0. The van der Waals surface area contributed by atoms with Gasteiger partial charge >= 0.3 is 0 Å². The molecule has 0 radical (unpaired) electrons. The number of non-ortho nitro benzene ring substituents is 1. The van der Waals surface area contributed by atoms with Crippen molar-refractivity contribution in [2.45, 2.75) is 24.7 Å². The molecule has 0 N–H and O–H groups in total. The fourth-order valence-corrected chi connectivity index (χ4v) is 3.89. The van der Waals surface area contributed by atoms with Crippen LogP contribution in [0.2, 0.25) is 0 Å². The normalized spacial score (nSPS) is 16.2. The highest BCUT2D eigenvalue weighted by atomic mass is 32.2. The smallest absolute Gasteiger partial charge is 0.290 e. The zero-order valence-electron chi connectivity index (χ0n) is 14.7. The molecule has 1 aliphatic carbocycles. The second-order valence-corrected chi connectivity index (χ2v) is 7.10. The minimum atomic E-state index is -0.939. The molecule has 1 aromatic carbocycles. The first-order chi connectivity index (χ1) is 13.5. The molecule has 0 spiro atoms. The Bertz CT molecular complexity index is 1000. The van der Waals surface area contributed by atoms with Crippen LogP contribution in [-0.2, 0) is 4.79 Å². The van der Waals surface area contributed by atoms with E-state index in [1.54, 1.807) is 0 Å². The van der Waals surface area contributed by atoms with Crippen molar-refractivity contribution in [3.05, 3.63) is 81.0 Å². The quantitative estimate of drug-likeness (QED) is 0.442. The van der Waals surface area contributed by atoms with Gasteiger partial charge in [0.05, 0.1) is 47.6 Å². The third-order valence-corrected chi connectivity index (χ3v) is 5.13. The average molecular weight is 424 g/mol. The van der Waals surface area contributed by atoms with E-state index >= 15 is 0 Å². The summed E-state index contributed by atoms with van der Waals surface area (Å²) in [6, 6.07) is 2.82. The number of nitrogens with zero attached hydrogens (tertiary/aromatic N) is 4. The van der Waals surface area contributed by atoms with Crippen molar-refractivity contribution >= 4 is 28.9 Å². The molecule has 13 nitrogen and oxygen atoms in total. The molecule has 0 aliphatic heterocycles. The summed E-state index contributed by atoms with van der Waals surface area (Å²) in [6.07, 6.45) is 0.266. The number of allylic oxidation sites excluding steroid dienone is 3. The number of Topliss-reactive ketones (excluding diaryl/α,β-unsaturated/α-hetero) is 1. The van der Waals surface area contributed by atoms with Gasteiger partial charge in [-0.2, -0.15) is 0 Å². The van der Waals surface area contributed by atoms with Gasteiger partial charge in [-0.1, -0.05) is 11.8 Å². The second-order valence-electron chi connectivity index (χ2n) is 5.97. The minimum Gasteiger partial charge on any atom is -0.300 e. The number of rotatable bonds is 8. The molecular formula is C15H12N4O9S. The number of carbonyl (C=O) groups excluding carboxylic acids is 1. The molecule has 14 heteroatoms. The molecule has 29 heavy (non-hydrogen) atoms. The molecular weight excluding hydrogens is 412 g/mol. The maximum absolute atomic E-state index is 11.4. The molecule has 2 rings (SSSR count). The Hall–Kier alpha value is -3.68. The monoisotopic (exact) mass is 424 g/mol. The Labute approximate surface area is 165 Å². The lowest BCUT2D eigenvalue weighted by Gasteiger charge is -2.18. The van der Waals surface area contributed by atoms with Crippen LogP contribution in [0.5, 0.6) is 0 Å². The Morgan fingerprint density at radius 3 is 2.17 bits per heavy atom. The Balaban J connectivity index is 2.56. The zero-order valence-corrected chi connectivity index (χ0v) is 15.5. The first-order valence-electron chi connectivity index (χ1n) is 7.85. The zero-order chi connectivity index (χ0) is 21.9. The molecule has 1 aliphatic rings. The van der Waals surface area contributed by atoms with Crippen LogP contribution < -0.4 is 0 Å². The van der Waals surface area contributed by atoms with Crippen LogP contribution in [0.15, 0.2) is 45.5 Å². The SMILES string of the molecule is CC(=O)CC1CC(Sc2ccc([N+](=O)[O-])cc2[N+](=O)[O-])=C([N+](=O)[O-])C=C1[N+](=O)[O-]. The van der Waals surface area contributed by atoms with Crippen LogP contribution in [-0.4, -0.2) is 25.5 Å². The van der Waals surface area contributed by atoms with Crippen molar-refractivity contribution < 1.29 is 24.5 Å². The lowest BCUT2D eigenvalue weighted by molar-refractivity contribution is -0.443. The molecule has 0 saturated heterocycles. The predicted molar refractivity (Wildman–Crippen MR) is 98.1 cm³/mol. The van der Waals surface area contributed by atoms with Crippen molar-refractivity contribution in [1.82, 2.24) is 0 Å². The van der Waals surface area contributed by atoms with Gasteiger partial charge in [-0.25, -0.2) is 0 Å². The fourth-order valence-electron chi connectivity index (χ4n) is 2.73. The first-order valence-corrected chi connectivity index (χ1v) is 8.66. The van der Waals surface area contributed by atoms with Crippen LogP contribution in [0.25, 0.3) is 0 Å². The minimum absolute atomic E-state index is 0.0243. The Morgan fingerprint density at radius 2 is 1.69 bits per heavy atom. The number of thioether (sulfide) groups is 1. The summed E-state index contributed by atoms with van der Waals surface area (Å²) in [5.74, 6) is -1.30. The van der Waals surface area contributed by atoms with Gasteiger partial charge in [0.15, 0.2) is 0 Å². The summed E-state index contributed by atoms with van der Waals surface area (Å²) in [4.78, 5) is 52.7. The lowest BCUT2D eigenvalue weighted by atomic mass is 9.91. The van der Waals surface area contributed by atoms with Crippen LogP contribution >= 0.6 is 11.8 Å². The number of nitro groups is 4. The number of ketones is 1. The van der Waals surface area contributed by atoms with E-state index in [2.05, 4.69) is 0 Å². The molecule has 0 fully saturated rings. The Kier molecular flexibility index (Phi) is 6.38. The van der Waals surface area contributed by atoms with Crippen LogP contribution in [0, 0.1) is 46.4 Å². The maximum Gasteiger partial charge on any atom is 0.290 e. The molecule has 0 bridgehead atoms. The molecule has 0 heterocycles. The van der Waals surface area contributed by atoms with E-state index in [1.165, 1.54) is 6.92 Å². The van der Waals surface area contributed by atoms with Gasteiger partial charge < -0.3 is 4.79 Å². The molecule has 1 atom stereocenters. The van der Waals surface area contributed by atoms with Gasteiger partial charge in [-0.15, -0.1) is 0 Å². The lowest BCUT2D eigenvalue weighted by Crippen LogP contribution is -2.21. The van der Waals surface area contributed by atoms with Crippen molar-refractivity contribution in [2.24, 2.45) is 5.92 Å². The van der Waals surface area contributed by atoms with Crippen molar-refractivity contribution in [3.63, 3.8) is 0 Å². The molecule has 0 aromatic heterocycles.